The number of unbranched alkanes of at least 4 members (excludes halogenated alkanes) is 4. The van der Waals surface area contributed by atoms with Crippen molar-refractivity contribution in [2.45, 2.75) is 64.8 Å². The lowest BCUT2D eigenvalue weighted by molar-refractivity contribution is 0.461. The minimum Gasteiger partial charge on any atom is -0.309 e. The first-order valence-corrected chi connectivity index (χ1v) is 7.94. The van der Waals surface area contributed by atoms with E-state index in [-0.39, 0.29) is 0 Å². The standard InChI is InChI=1S/C14H26N2S/c1-3-5-6-7-8-9-13(15-10-4-2)14-11-17-12-16-14/h11-13,15H,3-10H2,1-2H3. The number of aromatic nitrogens is 1. The van der Waals surface area contributed by atoms with E-state index in [0.29, 0.717) is 6.04 Å². The Morgan fingerprint density at radius 3 is 2.65 bits per heavy atom. The zero-order valence-corrected chi connectivity index (χ0v) is 12.1. The predicted molar refractivity (Wildman–Crippen MR) is 76.5 cm³/mol. The van der Waals surface area contributed by atoms with Crippen LogP contribution in [0.5, 0.6) is 0 Å². The molecule has 1 aromatic rings. The lowest BCUT2D eigenvalue weighted by Gasteiger charge is -2.16. The van der Waals surface area contributed by atoms with E-state index in [1.807, 2.05) is 5.51 Å². The van der Waals surface area contributed by atoms with E-state index < -0.39 is 0 Å². The van der Waals surface area contributed by atoms with Crippen molar-refractivity contribution in [3.8, 4) is 0 Å². The van der Waals surface area contributed by atoms with Crippen LogP contribution in [0.2, 0.25) is 0 Å². The molecule has 3 heteroatoms. The summed E-state index contributed by atoms with van der Waals surface area (Å²) >= 11 is 1.70. The topological polar surface area (TPSA) is 24.9 Å². The van der Waals surface area contributed by atoms with Gasteiger partial charge in [-0.3, -0.25) is 0 Å². The molecule has 0 saturated carbocycles. The highest BCUT2D eigenvalue weighted by Gasteiger charge is 2.11. The molecule has 0 saturated heterocycles. The van der Waals surface area contributed by atoms with Crippen LogP contribution >= 0.6 is 11.3 Å². The van der Waals surface area contributed by atoms with Crippen molar-refractivity contribution in [3.05, 3.63) is 16.6 Å². The lowest BCUT2D eigenvalue weighted by atomic mass is 10.0. The van der Waals surface area contributed by atoms with E-state index in [0.717, 1.165) is 6.54 Å². The molecule has 0 fully saturated rings. The summed E-state index contributed by atoms with van der Waals surface area (Å²) in [5.41, 5.74) is 3.17. The molecule has 98 valence electrons. The minimum atomic E-state index is 0.475. The van der Waals surface area contributed by atoms with Gasteiger partial charge in [0.1, 0.15) is 0 Å². The second kappa shape index (κ2) is 9.60. The van der Waals surface area contributed by atoms with Crippen molar-refractivity contribution in [1.82, 2.24) is 10.3 Å². The number of nitrogens with zero attached hydrogens (tertiary/aromatic N) is 1. The van der Waals surface area contributed by atoms with Gasteiger partial charge in [0, 0.05) is 5.38 Å². The van der Waals surface area contributed by atoms with Gasteiger partial charge in [0.15, 0.2) is 0 Å². The molecule has 0 aliphatic heterocycles. The lowest BCUT2D eigenvalue weighted by Crippen LogP contribution is -2.22. The van der Waals surface area contributed by atoms with E-state index in [1.54, 1.807) is 11.3 Å². The Morgan fingerprint density at radius 1 is 1.18 bits per heavy atom. The fourth-order valence-corrected chi connectivity index (χ4v) is 2.63. The zero-order valence-electron chi connectivity index (χ0n) is 11.2. The van der Waals surface area contributed by atoms with E-state index in [2.05, 4.69) is 29.5 Å². The molecule has 1 heterocycles. The van der Waals surface area contributed by atoms with Crippen molar-refractivity contribution in [1.29, 1.82) is 0 Å². The first kappa shape index (κ1) is 14.7. The first-order valence-electron chi connectivity index (χ1n) is 7.00. The molecule has 1 rings (SSSR count). The van der Waals surface area contributed by atoms with Gasteiger partial charge in [-0.2, -0.15) is 0 Å². The Kier molecular flexibility index (Phi) is 8.28. The van der Waals surface area contributed by atoms with Crippen LogP contribution in [0, 0.1) is 0 Å². The second-order valence-electron chi connectivity index (χ2n) is 4.62. The maximum Gasteiger partial charge on any atom is 0.0795 e. The molecular formula is C14H26N2S. The van der Waals surface area contributed by atoms with Gasteiger partial charge in [-0.15, -0.1) is 11.3 Å². The second-order valence-corrected chi connectivity index (χ2v) is 5.34. The average molecular weight is 254 g/mol. The summed E-state index contributed by atoms with van der Waals surface area (Å²) in [6, 6.07) is 0.475. The molecule has 2 nitrogen and oxygen atoms in total. The molecule has 17 heavy (non-hydrogen) atoms. The van der Waals surface area contributed by atoms with Crippen LogP contribution in [-0.2, 0) is 0 Å². The zero-order chi connectivity index (χ0) is 12.3. The molecule has 0 aromatic carbocycles. The summed E-state index contributed by atoms with van der Waals surface area (Å²) in [5, 5.41) is 5.79. The van der Waals surface area contributed by atoms with Crippen LogP contribution in [0.1, 0.15) is 70.5 Å². The van der Waals surface area contributed by atoms with Gasteiger partial charge >= 0.3 is 0 Å². The van der Waals surface area contributed by atoms with Crippen molar-refractivity contribution in [3.63, 3.8) is 0 Å². The highest BCUT2D eigenvalue weighted by molar-refractivity contribution is 7.07. The van der Waals surface area contributed by atoms with Crippen LogP contribution in [-0.4, -0.2) is 11.5 Å². The van der Waals surface area contributed by atoms with E-state index in [1.165, 1.54) is 50.6 Å². The van der Waals surface area contributed by atoms with Gasteiger partial charge in [0.25, 0.3) is 0 Å². The van der Waals surface area contributed by atoms with E-state index >= 15 is 0 Å². The van der Waals surface area contributed by atoms with Crippen molar-refractivity contribution in [2.75, 3.05) is 6.54 Å². The molecule has 0 bridgehead atoms. The van der Waals surface area contributed by atoms with Crippen molar-refractivity contribution >= 4 is 11.3 Å². The molecule has 0 amide bonds. The van der Waals surface area contributed by atoms with Crippen LogP contribution in [0.3, 0.4) is 0 Å². The largest absolute Gasteiger partial charge is 0.309 e. The molecule has 1 atom stereocenters. The van der Waals surface area contributed by atoms with E-state index in [4.69, 9.17) is 0 Å². The minimum absolute atomic E-state index is 0.475. The summed E-state index contributed by atoms with van der Waals surface area (Å²) < 4.78 is 0. The molecule has 1 N–H and O–H groups in total. The average Bonchev–Trinajstić information content (AvgIpc) is 2.86. The Labute approximate surface area is 110 Å². The van der Waals surface area contributed by atoms with Crippen LogP contribution < -0.4 is 5.32 Å². The third kappa shape index (κ3) is 6.18. The molecular weight excluding hydrogens is 228 g/mol. The van der Waals surface area contributed by atoms with Gasteiger partial charge in [0.05, 0.1) is 17.2 Å². The molecule has 0 radical (unpaired) electrons. The molecule has 1 unspecified atom stereocenters. The fraction of sp³-hybridized carbons (Fsp3) is 0.786. The fourth-order valence-electron chi connectivity index (χ4n) is 2.02. The van der Waals surface area contributed by atoms with Gasteiger partial charge in [-0.05, 0) is 19.4 Å². The van der Waals surface area contributed by atoms with Crippen molar-refractivity contribution in [2.24, 2.45) is 0 Å². The highest BCUT2D eigenvalue weighted by atomic mass is 32.1. The first-order chi connectivity index (χ1) is 8.38. The number of rotatable bonds is 10. The smallest absolute Gasteiger partial charge is 0.0795 e. The van der Waals surface area contributed by atoms with Gasteiger partial charge in [-0.25, -0.2) is 4.98 Å². The van der Waals surface area contributed by atoms with E-state index in [9.17, 15) is 0 Å². The molecule has 0 aliphatic carbocycles. The van der Waals surface area contributed by atoms with Gasteiger partial charge < -0.3 is 5.32 Å². The maximum absolute atomic E-state index is 4.44. The quantitative estimate of drug-likeness (QED) is 0.620. The monoisotopic (exact) mass is 254 g/mol. The summed E-state index contributed by atoms with van der Waals surface area (Å²) in [6.07, 6.45) is 9.19. The Balaban J connectivity index is 2.26. The summed E-state index contributed by atoms with van der Waals surface area (Å²) in [4.78, 5) is 4.44. The number of hydrogen-bond donors (Lipinski definition) is 1. The van der Waals surface area contributed by atoms with Gasteiger partial charge in [-0.1, -0.05) is 46.0 Å². The third-order valence-corrected chi connectivity index (χ3v) is 3.65. The number of hydrogen-bond acceptors (Lipinski definition) is 3. The molecule has 1 aromatic heterocycles. The number of thiazole rings is 1. The van der Waals surface area contributed by atoms with Gasteiger partial charge in [0.2, 0.25) is 0 Å². The third-order valence-electron chi connectivity index (χ3n) is 3.05. The maximum atomic E-state index is 4.44. The summed E-state index contributed by atoms with van der Waals surface area (Å²) in [5.74, 6) is 0. The van der Waals surface area contributed by atoms with Crippen LogP contribution in [0.4, 0.5) is 0 Å². The predicted octanol–water partition coefficient (Wildman–Crippen LogP) is 4.54. The van der Waals surface area contributed by atoms with Crippen molar-refractivity contribution < 1.29 is 0 Å². The number of nitrogens with one attached hydrogen (secondary N) is 1. The Bertz CT molecular complexity index is 259. The normalized spacial score (nSPS) is 12.8. The van der Waals surface area contributed by atoms with Crippen LogP contribution in [0.25, 0.3) is 0 Å². The van der Waals surface area contributed by atoms with Crippen LogP contribution in [0.15, 0.2) is 10.9 Å². The highest BCUT2D eigenvalue weighted by Crippen LogP contribution is 2.20. The molecule has 0 spiro atoms. The Morgan fingerprint density at radius 2 is 2.00 bits per heavy atom. The Hall–Kier alpha value is -0.410. The molecule has 0 aliphatic rings. The summed E-state index contributed by atoms with van der Waals surface area (Å²) in [7, 11) is 0. The summed E-state index contributed by atoms with van der Waals surface area (Å²) in [6.45, 7) is 5.57. The SMILES string of the molecule is CCCCCCCC(NCCC)c1cscn1.